The first kappa shape index (κ1) is 23.8. The Morgan fingerprint density at radius 3 is 2.04 bits per heavy atom. The fraction of sp³-hybridized carbons (Fsp3) is 0.0769. The first-order valence-electron chi connectivity index (χ1n) is 5.66. The Morgan fingerprint density at radius 1 is 1.09 bits per heavy atom. The predicted octanol–water partition coefficient (Wildman–Crippen LogP) is 2.43. The van der Waals surface area contributed by atoms with Gasteiger partial charge in [0.25, 0.3) is 15.8 Å². The van der Waals surface area contributed by atoms with Crippen molar-refractivity contribution in [2.24, 2.45) is 0 Å². The summed E-state index contributed by atoms with van der Waals surface area (Å²) < 4.78 is 26.5. The number of hydrogen-bond donors (Lipinski definition) is 1. The van der Waals surface area contributed by atoms with Crippen molar-refractivity contribution in [3.05, 3.63) is 64.7 Å². The SMILES string of the molecule is COS(=O)(=O)c1cccc([N+](=O)[O-])c1.Oc1ccccc1.S.[Zn]. The Morgan fingerprint density at radius 2 is 1.65 bits per heavy atom. The molecule has 7 nitrogen and oxygen atoms in total. The van der Waals surface area contributed by atoms with Gasteiger partial charge in [-0.1, -0.05) is 24.3 Å². The molecule has 0 aromatic heterocycles. The number of non-ortho nitro benzene ring substituents is 1. The number of para-hydroxylation sites is 1. The van der Waals surface area contributed by atoms with E-state index < -0.39 is 15.0 Å². The number of phenolic OH excluding ortho intramolecular Hbond substituents is 1. The van der Waals surface area contributed by atoms with Crippen LogP contribution in [-0.2, 0) is 33.8 Å². The third kappa shape index (κ3) is 8.08. The quantitative estimate of drug-likeness (QED) is 0.360. The van der Waals surface area contributed by atoms with Gasteiger partial charge in [-0.25, -0.2) is 0 Å². The molecule has 0 aliphatic carbocycles. The molecule has 2 aromatic rings. The normalized spacial score (nSPS) is 9.43. The van der Waals surface area contributed by atoms with Crippen molar-refractivity contribution < 1.29 is 42.1 Å². The zero-order valence-corrected chi connectivity index (χ0v) is 17.0. The van der Waals surface area contributed by atoms with Gasteiger partial charge >= 0.3 is 0 Å². The summed E-state index contributed by atoms with van der Waals surface area (Å²) in [5, 5.41) is 19.0. The zero-order valence-electron chi connectivity index (χ0n) is 12.2. The number of hydrogen-bond acceptors (Lipinski definition) is 6. The fourth-order valence-electron chi connectivity index (χ4n) is 1.28. The van der Waals surface area contributed by atoms with Crippen molar-refractivity contribution in [3.8, 4) is 5.75 Å². The molecule has 0 fully saturated rings. The summed E-state index contributed by atoms with van der Waals surface area (Å²) in [4.78, 5) is 9.44. The van der Waals surface area contributed by atoms with Crippen LogP contribution in [0.5, 0.6) is 5.75 Å². The van der Waals surface area contributed by atoms with E-state index in [1.807, 2.05) is 6.07 Å². The van der Waals surface area contributed by atoms with E-state index in [0.717, 1.165) is 13.2 Å². The van der Waals surface area contributed by atoms with Gasteiger partial charge in [-0.05, 0) is 18.2 Å². The molecule has 0 amide bonds. The average Bonchev–Trinajstić information content (AvgIpc) is 2.49. The first-order chi connectivity index (χ1) is 9.86. The largest absolute Gasteiger partial charge is 0.508 e. The molecule has 0 atom stereocenters. The maximum absolute atomic E-state index is 11.1. The monoisotopic (exact) mass is 409 g/mol. The van der Waals surface area contributed by atoms with Crippen LogP contribution in [0.15, 0.2) is 59.5 Å². The van der Waals surface area contributed by atoms with E-state index in [4.69, 9.17) is 5.11 Å². The van der Waals surface area contributed by atoms with Crippen LogP contribution in [0, 0.1) is 10.1 Å². The van der Waals surface area contributed by atoms with Gasteiger partial charge in [0.1, 0.15) is 10.6 Å². The maximum Gasteiger partial charge on any atom is 0.296 e. The van der Waals surface area contributed by atoms with Crippen molar-refractivity contribution in [1.29, 1.82) is 0 Å². The van der Waals surface area contributed by atoms with Gasteiger partial charge in [-0.2, -0.15) is 21.9 Å². The van der Waals surface area contributed by atoms with E-state index in [1.165, 1.54) is 18.2 Å². The predicted molar refractivity (Wildman–Crippen MR) is 85.8 cm³/mol. The molecule has 0 spiro atoms. The second-order valence-corrected chi connectivity index (χ2v) is 5.42. The third-order valence-electron chi connectivity index (χ3n) is 2.29. The molecule has 0 saturated carbocycles. The van der Waals surface area contributed by atoms with Gasteiger partial charge < -0.3 is 5.11 Å². The molecule has 23 heavy (non-hydrogen) atoms. The van der Waals surface area contributed by atoms with E-state index in [1.54, 1.807) is 24.3 Å². The molecule has 0 heterocycles. The summed E-state index contributed by atoms with van der Waals surface area (Å²) in [6, 6.07) is 13.4. The molecule has 2 rings (SSSR count). The van der Waals surface area contributed by atoms with Crippen molar-refractivity contribution in [3.63, 3.8) is 0 Å². The minimum Gasteiger partial charge on any atom is -0.508 e. The van der Waals surface area contributed by atoms with Crippen LogP contribution >= 0.6 is 13.5 Å². The Kier molecular flexibility index (Phi) is 11.5. The van der Waals surface area contributed by atoms with Gasteiger partial charge in [0.05, 0.1) is 12.0 Å². The smallest absolute Gasteiger partial charge is 0.296 e. The number of benzene rings is 2. The molecular formula is C13H15NO6S2Zn. The van der Waals surface area contributed by atoms with Crippen LogP contribution in [0.4, 0.5) is 5.69 Å². The molecule has 0 aliphatic heterocycles. The number of aromatic hydroxyl groups is 1. The second kappa shape index (κ2) is 11.1. The van der Waals surface area contributed by atoms with Gasteiger partial charge in [-0.15, -0.1) is 0 Å². The minimum absolute atomic E-state index is 0. The van der Waals surface area contributed by atoms with Crippen LogP contribution in [0.3, 0.4) is 0 Å². The Labute approximate surface area is 153 Å². The van der Waals surface area contributed by atoms with Gasteiger partial charge in [0.2, 0.25) is 0 Å². The molecule has 122 valence electrons. The molecule has 0 aliphatic rings. The minimum atomic E-state index is -3.86. The van der Waals surface area contributed by atoms with Gasteiger partial charge in [-0.3, -0.25) is 14.3 Å². The van der Waals surface area contributed by atoms with Crippen LogP contribution in [-0.4, -0.2) is 25.6 Å². The molecule has 2 aromatic carbocycles. The summed E-state index contributed by atoms with van der Waals surface area (Å²) in [6.07, 6.45) is 0. The molecule has 10 heteroatoms. The topological polar surface area (TPSA) is 107 Å². The number of phenols is 1. The fourth-order valence-corrected chi connectivity index (χ4v) is 1.98. The summed E-state index contributed by atoms with van der Waals surface area (Å²) in [7, 11) is -2.86. The zero-order chi connectivity index (χ0) is 15.9. The summed E-state index contributed by atoms with van der Waals surface area (Å²) in [5.74, 6) is 0.322. The van der Waals surface area contributed by atoms with E-state index in [0.29, 0.717) is 5.75 Å². The molecule has 0 saturated heterocycles. The van der Waals surface area contributed by atoms with E-state index >= 15 is 0 Å². The van der Waals surface area contributed by atoms with E-state index in [9.17, 15) is 18.5 Å². The molecule has 1 N–H and O–H groups in total. The van der Waals surface area contributed by atoms with Crippen molar-refractivity contribution in [1.82, 2.24) is 0 Å². The van der Waals surface area contributed by atoms with Gasteiger partial charge in [0.15, 0.2) is 0 Å². The average molecular weight is 411 g/mol. The van der Waals surface area contributed by atoms with Crippen LogP contribution in [0.2, 0.25) is 0 Å². The van der Waals surface area contributed by atoms with Crippen molar-refractivity contribution in [2.75, 3.05) is 7.11 Å². The Balaban J connectivity index is 0. The summed E-state index contributed by atoms with van der Waals surface area (Å²) in [6.45, 7) is 0. The van der Waals surface area contributed by atoms with E-state index in [-0.39, 0.29) is 43.6 Å². The third-order valence-corrected chi connectivity index (χ3v) is 3.56. The van der Waals surface area contributed by atoms with E-state index in [2.05, 4.69) is 4.18 Å². The van der Waals surface area contributed by atoms with Crippen molar-refractivity contribution in [2.45, 2.75) is 4.90 Å². The number of nitro benzene ring substituents is 1. The maximum atomic E-state index is 11.1. The van der Waals surface area contributed by atoms with Gasteiger partial charge in [0, 0.05) is 31.6 Å². The second-order valence-electron chi connectivity index (χ2n) is 3.71. The summed E-state index contributed by atoms with van der Waals surface area (Å²) >= 11 is 0. The number of rotatable bonds is 3. The Hall–Kier alpha value is -1.48. The molecular weight excluding hydrogens is 396 g/mol. The van der Waals surface area contributed by atoms with Crippen LogP contribution in [0.25, 0.3) is 0 Å². The molecule has 0 unspecified atom stereocenters. The number of nitro groups is 1. The van der Waals surface area contributed by atoms with Crippen molar-refractivity contribution >= 4 is 29.3 Å². The molecule has 0 radical (unpaired) electrons. The van der Waals surface area contributed by atoms with Crippen LogP contribution in [0.1, 0.15) is 0 Å². The first-order valence-corrected chi connectivity index (χ1v) is 7.07. The van der Waals surface area contributed by atoms with Crippen LogP contribution < -0.4 is 0 Å². The summed E-state index contributed by atoms with van der Waals surface area (Å²) in [5.41, 5.74) is -0.289. The Bertz CT molecular complexity index is 709. The number of nitrogens with zero attached hydrogens (tertiary/aromatic N) is 1. The molecule has 0 bridgehead atoms. The standard InChI is InChI=1S/C7H7NO5S.C6H6O.H2S.Zn/c1-13-14(11,12)7-4-2-3-6(5-7)8(9)10;7-6-4-2-1-3-5-6;;/h2-5H,1H3;1-5,7H;1H2;.